The van der Waals surface area contributed by atoms with Crippen LogP contribution >= 0.6 is 11.6 Å². The standard InChI is InChI=1S/C10H10ClN3O3/c1-4-5(10(16)17-3)6-7(15)8(11)13-14(2)9(6)12-4/h12H,1-3H3. The first-order valence-corrected chi connectivity index (χ1v) is 5.18. The number of carbonyl (C=O) groups excluding carboxylic acids is 1. The van der Waals surface area contributed by atoms with E-state index in [1.54, 1.807) is 14.0 Å². The predicted octanol–water partition coefficient (Wildman–Crippen LogP) is 1.01. The van der Waals surface area contributed by atoms with Crippen LogP contribution in [-0.2, 0) is 11.8 Å². The lowest BCUT2D eigenvalue weighted by atomic mass is 10.2. The number of carbonyl (C=O) groups is 1. The number of methoxy groups -OCH3 is 1. The number of nitrogens with zero attached hydrogens (tertiary/aromatic N) is 2. The maximum absolute atomic E-state index is 11.9. The Hall–Kier alpha value is -1.82. The van der Waals surface area contributed by atoms with Crippen molar-refractivity contribution in [2.45, 2.75) is 6.92 Å². The highest BCUT2D eigenvalue weighted by atomic mass is 35.5. The van der Waals surface area contributed by atoms with Gasteiger partial charge in [0.25, 0.3) is 0 Å². The van der Waals surface area contributed by atoms with Gasteiger partial charge in [-0.05, 0) is 6.92 Å². The summed E-state index contributed by atoms with van der Waals surface area (Å²) in [5, 5.41) is 3.86. The summed E-state index contributed by atoms with van der Waals surface area (Å²) in [5.41, 5.74) is 0.706. The topological polar surface area (TPSA) is 77.0 Å². The number of halogens is 1. The molecule has 0 aromatic carbocycles. The van der Waals surface area contributed by atoms with Gasteiger partial charge in [0, 0.05) is 12.7 Å². The Morgan fingerprint density at radius 1 is 1.53 bits per heavy atom. The number of rotatable bonds is 1. The van der Waals surface area contributed by atoms with Crippen molar-refractivity contribution in [3.05, 3.63) is 26.6 Å². The second-order valence-corrected chi connectivity index (χ2v) is 3.94. The fourth-order valence-electron chi connectivity index (χ4n) is 1.76. The fraction of sp³-hybridized carbons (Fsp3) is 0.300. The average Bonchev–Trinajstić information content (AvgIpc) is 2.63. The monoisotopic (exact) mass is 255 g/mol. The highest BCUT2D eigenvalue weighted by Gasteiger charge is 2.22. The SMILES string of the molecule is COC(=O)c1c(C)[nH]c2c1c(=O)c(Cl)nn2C. The zero-order chi connectivity index (χ0) is 12.7. The maximum atomic E-state index is 11.9. The van der Waals surface area contributed by atoms with E-state index in [1.165, 1.54) is 11.8 Å². The summed E-state index contributed by atoms with van der Waals surface area (Å²) < 4.78 is 6.06. The van der Waals surface area contributed by atoms with Gasteiger partial charge in [0.1, 0.15) is 5.65 Å². The van der Waals surface area contributed by atoms with Gasteiger partial charge < -0.3 is 9.72 Å². The Balaban J connectivity index is 2.99. The van der Waals surface area contributed by atoms with Crippen LogP contribution in [0.3, 0.4) is 0 Å². The number of fused-ring (bicyclic) bond motifs is 1. The van der Waals surface area contributed by atoms with Crippen LogP contribution in [0.1, 0.15) is 16.1 Å². The minimum Gasteiger partial charge on any atom is -0.465 e. The zero-order valence-electron chi connectivity index (χ0n) is 9.50. The van der Waals surface area contributed by atoms with Gasteiger partial charge in [0.05, 0.1) is 18.1 Å². The summed E-state index contributed by atoms with van der Waals surface area (Å²) in [4.78, 5) is 26.4. The first-order chi connectivity index (χ1) is 7.97. The molecule has 0 aliphatic carbocycles. The van der Waals surface area contributed by atoms with Crippen LogP contribution in [0.4, 0.5) is 0 Å². The first-order valence-electron chi connectivity index (χ1n) is 4.80. The van der Waals surface area contributed by atoms with Crippen molar-refractivity contribution in [2.75, 3.05) is 7.11 Å². The number of nitrogens with one attached hydrogen (secondary N) is 1. The van der Waals surface area contributed by atoms with Crippen molar-refractivity contribution in [3.63, 3.8) is 0 Å². The van der Waals surface area contributed by atoms with Crippen LogP contribution < -0.4 is 5.43 Å². The third-order valence-corrected chi connectivity index (χ3v) is 2.78. The number of esters is 1. The zero-order valence-corrected chi connectivity index (χ0v) is 10.3. The molecule has 6 nitrogen and oxygen atoms in total. The van der Waals surface area contributed by atoms with E-state index in [0.717, 1.165) is 0 Å². The van der Waals surface area contributed by atoms with Crippen molar-refractivity contribution in [1.29, 1.82) is 0 Å². The van der Waals surface area contributed by atoms with Gasteiger partial charge in [-0.3, -0.25) is 9.48 Å². The Labute approximate surface area is 101 Å². The third kappa shape index (κ3) is 1.61. The highest BCUT2D eigenvalue weighted by Crippen LogP contribution is 2.20. The molecule has 7 heteroatoms. The number of aromatic amines is 1. The fourth-order valence-corrected chi connectivity index (χ4v) is 1.97. The van der Waals surface area contributed by atoms with Gasteiger partial charge in [-0.15, -0.1) is 0 Å². The van der Waals surface area contributed by atoms with Gasteiger partial charge in [0.2, 0.25) is 5.43 Å². The second-order valence-electron chi connectivity index (χ2n) is 3.58. The summed E-state index contributed by atoms with van der Waals surface area (Å²) in [6, 6.07) is 0. The van der Waals surface area contributed by atoms with E-state index in [1.807, 2.05) is 0 Å². The molecule has 0 unspecified atom stereocenters. The Bertz CT molecular complexity index is 671. The Kier molecular flexibility index (Phi) is 2.66. The number of hydrogen-bond acceptors (Lipinski definition) is 4. The van der Waals surface area contributed by atoms with Crippen molar-refractivity contribution >= 4 is 28.6 Å². The molecule has 17 heavy (non-hydrogen) atoms. The summed E-state index contributed by atoms with van der Waals surface area (Å²) in [7, 11) is 2.89. The number of H-pyrrole nitrogens is 1. The number of ether oxygens (including phenoxy) is 1. The molecule has 0 atom stereocenters. The molecule has 2 rings (SSSR count). The normalized spacial score (nSPS) is 10.8. The van der Waals surface area contributed by atoms with Gasteiger partial charge in [-0.2, -0.15) is 5.10 Å². The molecule has 90 valence electrons. The van der Waals surface area contributed by atoms with Crippen molar-refractivity contribution in [2.24, 2.45) is 7.05 Å². The highest BCUT2D eigenvalue weighted by molar-refractivity contribution is 6.30. The molecule has 0 saturated heterocycles. The molecule has 0 saturated carbocycles. The molecule has 1 N–H and O–H groups in total. The molecule has 2 aromatic rings. The molecule has 0 aliphatic rings. The van der Waals surface area contributed by atoms with Crippen LogP contribution in [0.15, 0.2) is 4.79 Å². The molecule has 0 fully saturated rings. The Morgan fingerprint density at radius 2 is 2.18 bits per heavy atom. The van der Waals surface area contributed by atoms with E-state index in [9.17, 15) is 9.59 Å². The van der Waals surface area contributed by atoms with Crippen LogP contribution in [0.25, 0.3) is 11.0 Å². The lowest BCUT2D eigenvalue weighted by Crippen LogP contribution is -2.14. The van der Waals surface area contributed by atoms with E-state index in [4.69, 9.17) is 11.6 Å². The van der Waals surface area contributed by atoms with E-state index < -0.39 is 11.4 Å². The summed E-state index contributed by atoms with van der Waals surface area (Å²) in [6.45, 7) is 1.68. The smallest absolute Gasteiger partial charge is 0.340 e. The van der Waals surface area contributed by atoms with Crippen LogP contribution in [0.5, 0.6) is 0 Å². The molecular weight excluding hydrogens is 246 g/mol. The van der Waals surface area contributed by atoms with Crippen LogP contribution in [-0.4, -0.2) is 27.8 Å². The lowest BCUT2D eigenvalue weighted by Gasteiger charge is -2.00. The molecule has 2 aromatic heterocycles. The van der Waals surface area contributed by atoms with E-state index in [0.29, 0.717) is 11.3 Å². The molecule has 0 bridgehead atoms. The quantitative estimate of drug-likeness (QED) is 0.772. The predicted molar refractivity (Wildman–Crippen MR) is 62.4 cm³/mol. The molecule has 0 amide bonds. The van der Waals surface area contributed by atoms with Crippen LogP contribution in [0.2, 0.25) is 5.15 Å². The van der Waals surface area contributed by atoms with Gasteiger partial charge in [-0.25, -0.2) is 4.79 Å². The largest absolute Gasteiger partial charge is 0.465 e. The van der Waals surface area contributed by atoms with Crippen molar-refractivity contribution < 1.29 is 9.53 Å². The summed E-state index contributed by atoms with van der Waals surface area (Å²) in [5.74, 6) is -0.576. The van der Waals surface area contributed by atoms with E-state index in [2.05, 4.69) is 14.8 Å². The maximum Gasteiger partial charge on any atom is 0.340 e. The Morgan fingerprint density at radius 3 is 2.76 bits per heavy atom. The summed E-state index contributed by atoms with van der Waals surface area (Å²) >= 11 is 5.71. The number of hydrogen-bond donors (Lipinski definition) is 1. The molecular formula is C10H10ClN3O3. The third-order valence-electron chi connectivity index (χ3n) is 2.53. The molecule has 0 radical (unpaired) electrons. The van der Waals surface area contributed by atoms with Crippen LogP contribution in [0, 0.1) is 6.92 Å². The average molecular weight is 256 g/mol. The molecule has 2 heterocycles. The van der Waals surface area contributed by atoms with Gasteiger partial charge in [-0.1, -0.05) is 11.6 Å². The van der Waals surface area contributed by atoms with Crippen molar-refractivity contribution in [1.82, 2.24) is 14.8 Å². The second kappa shape index (κ2) is 3.89. The molecule has 0 spiro atoms. The molecule has 0 aliphatic heterocycles. The van der Waals surface area contributed by atoms with Gasteiger partial charge >= 0.3 is 5.97 Å². The first kappa shape index (κ1) is 11.7. The minimum atomic E-state index is -0.576. The summed E-state index contributed by atoms with van der Waals surface area (Å²) in [6.07, 6.45) is 0. The number of aryl methyl sites for hydroxylation is 2. The number of aromatic nitrogens is 3. The van der Waals surface area contributed by atoms with Gasteiger partial charge in [0.15, 0.2) is 5.15 Å². The van der Waals surface area contributed by atoms with E-state index >= 15 is 0 Å². The minimum absolute atomic E-state index is 0.177. The van der Waals surface area contributed by atoms with E-state index in [-0.39, 0.29) is 16.1 Å². The van der Waals surface area contributed by atoms with Crippen molar-refractivity contribution in [3.8, 4) is 0 Å². The lowest BCUT2D eigenvalue weighted by molar-refractivity contribution is 0.0602.